The fourth-order valence-electron chi connectivity index (χ4n) is 2.35. The molecule has 2 N–H and O–H groups in total. The van der Waals surface area contributed by atoms with E-state index in [-0.39, 0.29) is 17.7 Å². The Hall–Kier alpha value is -2.37. The Morgan fingerprint density at radius 2 is 2.00 bits per heavy atom. The third kappa shape index (κ3) is 3.39. The van der Waals surface area contributed by atoms with Gasteiger partial charge in [0.2, 0.25) is 5.91 Å². The lowest BCUT2D eigenvalue weighted by atomic mass is 10.1. The van der Waals surface area contributed by atoms with E-state index in [1.54, 1.807) is 24.3 Å². The van der Waals surface area contributed by atoms with E-state index in [0.29, 0.717) is 30.8 Å². The Kier molecular flexibility index (Phi) is 4.57. The van der Waals surface area contributed by atoms with Gasteiger partial charge < -0.3 is 15.5 Å². The van der Waals surface area contributed by atoms with Crippen molar-refractivity contribution in [2.75, 3.05) is 18.4 Å². The van der Waals surface area contributed by atoms with Crippen molar-refractivity contribution in [1.29, 1.82) is 0 Å². The van der Waals surface area contributed by atoms with E-state index < -0.39 is 6.04 Å². The van der Waals surface area contributed by atoms with Crippen molar-refractivity contribution in [3.63, 3.8) is 0 Å². The molecule has 2 rings (SSSR count). The fraction of sp³-hybridized carbons (Fsp3) is 0.400. The van der Waals surface area contributed by atoms with Gasteiger partial charge in [0.1, 0.15) is 6.04 Å². The second kappa shape index (κ2) is 6.39. The Bertz CT molecular complexity index is 554. The van der Waals surface area contributed by atoms with E-state index in [2.05, 4.69) is 10.6 Å². The molecule has 0 radical (unpaired) electrons. The van der Waals surface area contributed by atoms with Crippen molar-refractivity contribution in [2.24, 2.45) is 0 Å². The molecule has 1 atom stereocenters. The molecule has 112 valence electrons. The second-order valence-corrected chi connectivity index (χ2v) is 4.97. The summed E-state index contributed by atoms with van der Waals surface area (Å²) in [4.78, 5) is 36.8. The number of rotatable bonds is 3. The molecule has 1 aliphatic heterocycles. The molecule has 1 fully saturated rings. The van der Waals surface area contributed by atoms with Gasteiger partial charge in [-0.15, -0.1) is 0 Å². The zero-order chi connectivity index (χ0) is 15.4. The van der Waals surface area contributed by atoms with Gasteiger partial charge in [-0.05, 0) is 37.6 Å². The average Bonchev–Trinajstić information content (AvgIpc) is 2.47. The molecule has 1 heterocycles. The van der Waals surface area contributed by atoms with Gasteiger partial charge in [0.05, 0.1) is 0 Å². The number of urea groups is 1. The first-order valence-electron chi connectivity index (χ1n) is 6.99. The van der Waals surface area contributed by atoms with Crippen LogP contribution in [0.15, 0.2) is 24.3 Å². The quantitative estimate of drug-likeness (QED) is 0.830. The molecule has 1 aromatic rings. The van der Waals surface area contributed by atoms with E-state index in [4.69, 9.17) is 0 Å². The van der Waals surface area contributed by atoms with Gasteiger partial charge in [-0.3, -0.25) is 9.59 Å². The highest BCUT2D eigenvalue weighted by Gasteiger charge is 2.31. The van der Waals surface area contributed by atoms with Gasteiger partial charge in [0, 0.05) is 24.3 Å². The number of carbonyl (C=O) groups excluding carboxylic acids is 3. The van der Waals surface area contributed by atoms with Crippen molar-refractivity contribution in [3.05, 3.63) is 29.8 Å². The molecule has 3 amide bonds. The summed E-state index contributed by atoms with van der Waals surface area (Å²) in [5, 5.41) is 5.51. The van der Waals surface area contributed by atoms with Gasteiger partial charge in [-0.25, -0.2) is 4.79 Å². The highest BCUT2D eigenvalue weighted by molar-refractivity contribution is 5.96. The molecule has 0 aliphatic carbocycles. The normalized spacial score (nSPS) is 18.1. The van der Waals surface area contributed by atoms with Crippen LogP contribution in [0.25, 0.3) is 0 Å². The topological polar surface area (TPSA) is 78.5 Å². The number of hydrogen-bond donors (Lipinski definition) is 2. The van der Waals surface area contributed by atoms with Crippen molar-refractivity contribution in [1.82, 2.24) is 10.2 Å². The van der Waals surface area contributed by atoms with E-state index in [1.165, 1.54) is 11.8 Å². The first-order chi connectivity index (χ1) is 10.0. The molecular formula is C15H19N3O3. The van der Waals surface area contributed by atoms with Crippen molar-refractivity contribution < 1.29 is 14.4 Å². The van der Waals surface area contributed by atoms with Crippen LogP contribution in [0.1, 0.15) is 30.6 Å². The number of hydrogen-bond acceptors (Lipinski definition) is 3. The number of amides is 3. The lowest BCUT2D eigenvalue weighted by Gasteiger charge is -2.34. The molecule has 0 spiro atoms. The van der Waals surface area contributed by atoms with Gasteiger partial charge in [0.15, 0.2) is 5.78 Å². The predicted octanol–water partition coefficient (Wildman–Crippen LogP) is 1.63. The summed E-state index contributed by atoms with van der Waals surface area (Å²) < 4.78 is 0. The van der Waals surface area contributed by atoms with Crippen molar-refractivity contribution in [2.45, 2.75) is 26.3 Å². The van der Waals surface area contributed by atoms with Gasteiger partial charge in [-0.1, -0.05) is 6.92 Å². The monoisotopic (exact) mass is 289 g/mol. The zero-order valence-corrected chi connectivity index (χ0v) is 12.2. The molecule has 1 saturated heterocycles. The maximum Gasteiger partial charge on any atom is 0.322 e. The van der Waals surface area contributed by atoms with Crippen LogP contribution < -0.4 is 10.6 Å². The number of ketones is 1. The summed E-state index contributed by atoms with van der Waals surface area (Å²) in [5.74, 6) is -0.141. The van der Waals surface area contributed by atoms with Crippen LogP contribution in [-0.2, 0) is 4.79 Å². The maximum atomic E-state index is 12.3. The minimum Gasteiger partial charge on any atom is -0.353 e. The number of nitrogens with one attached hydrogen (secondary N) is 2. The zero-order valence-electron chi connectivity index (χ0n) is 12.2. The molecule has 0 bridgehead atoms. The Labute approximate surface area is 123 Å². The first-order valence-corrected chi connectivity index (χ1v) is 6.99. The van der Waals surface area contributed by atoms with Crippen LogP contribution in [-0.4, -0.2) is 41.8 Å². The van der Waals surface area contributed by atoms with Crippen LogP contribution in [0.4, 0.5) is 10.5 Å². The van der Waals surface area contributed by atoms with E-state index >= 15 is 0 Å². The highest BCUT2D eigenvalue weighted by atomic mass is 16.2. The molecule has 6 heteroatoms. The smallest absolute Gasteiger partial charge is 0.322 e. The number of Topliss-reactive ketones (excluding diaryl/α,β-unsaturated/α-hetero) is 1. The summed E-state index contributed by atoms with van der Waals surface area (Å²) in [5.41, 5.74) is 1.20. The number of piperazine rings is 1. The second-order valence-electron chi connectivity index (χ2n) is 4.97. The standard InChI is InChI=1S/C15H19N3O3/c1-3-13-14(20)16-8-9-18(13)15(21)17-12-6-4-11(5-7-12)10(2)19/h4-7,13H,3,8-9H2,1-2H3,(H,16,20)(H,17,21). The minimum absolute atomic E-state index is 0.0216. The number of nitrogens with zero attached hydrogens (tertiary/aromatic N) is 1. The SMILES string of the molecule is CCC1C(=O)NCCN1C(=O)Nc1ccc(C(C)=O)cc1. The molecule has 1 aliphatic rings. The highest BCUT2D eigenvalue weighted by Crippen LogP contribution is 2.14. The lowest BCUT2D eigenvalue weighted by molar-refractivity contribution is -0.127. The minimum atomic E-state index is -0.435. The summed E-state index contributed by atoms with van der Waals surface area (Å²) in [6.45, 7) is 4.32. The van der Waals surface area contributed by atoms with Crippen LogP contribution in [0.5, 0.6) is 0 Å². The van der Waals surface area contributed by atoms with Crippen LogP contribution in [0.3, 0.4) is 0 Å². The van der Waals surface area contributed by atoms with E-state index in [9.17, 15) is 14.4 Å². The molecule has 0 aromatic heterocycles. The number of carbonyl (C=O) groups is 3. The molecule has 1 unspecified atom stereocenters. The van der Waals surface area contributed by atoms with Gasteiger partial charge in [-0.2, -0.15) is 0 Å². The molecule has 6 nitrogen and oxygen atoms in total. The molecule has 21 heavy (non-hydrogen) atoms. The molecule has 0 saturated carbocycles. The number of benzene rings is 1. The third-order valence-electron chi connectivity index (χ3n) is 3.52. The Morgan fingerprint density at radius 1 is 1.33 bits per heavy atom. The maximum absolute atomic E-state index is 12.3. The summed E-state index contributed by atoms with van der Waals surface area (Å²) in [7, 11) is 0. The molecular weight excluding hydrogens is 270 g/mol. The van der Waals surface area contributed by atoms with Gasteiger partial charge >= 0.3 is 6.03 Å². The lowest BCUT2D eigenvalue weighted by Crippen LogP contribution is -2.57. The molecule has 1 aromatic carbocycles. The average molecular weight is 289 g/mol. The van der Waals surface area contributed by atoms with Crippen LogP contribution in [0, 0.1) is 0 Å². The number of anilines is 1. The van der Waals surface area contributed by atoms with Crippen LogP contribution >= 0.6 is 0 Å². The Morgan fingerprint density at radius 3 is 2.57 bits per heavy atom. The summed E-state index contributed by atoms with van der Waals surface area (Å²) in [6.07, 6.45) is 0.572. The first kappa shape index (κ1) is 15.0. The van der Waals surface area contributed by atoms with Crippen molar-refractivity contribution in [3.8, 4) is 0 Å². The predicted molar refractivity (Wildman–Crippen MR) is 79.3 cm³/mol. The fourth-order valence-corrected chi connectivity index (χ4v) is 2.35. The van der Waals surface area contributed by atoms with E-state index in [1.807, 2.05) is 6.92 Å². The van der Waals surface area contributed by atoms with Crippen LogP contribution in [0.2, 0.25) is 0 Å². The van der Waals surface area contributed by atoms with Crippen molar-refractivity contribution >= 4 is 23.4 Å². The largest absolute Gasteiger partial charge is 0.353 e. The summed E-state index contributed by atoms with van der Waals surface area (Å²) >= 11 is 0. The Balaban J connectivity index is 2.06. The summed E-state index contributed by atoms with van der Waals surface area (Å²) in [6, 6.07) is 5.96. The third-order valence-corrected chi connectivity index (χ3v) is 3.52. The van der Waals surface area contributed by atoms with Gasteiger partial charge in [0.25, 0.3) is 0 Å². The van der Waals surface area contributed by atoms with E-state index in [0.717, 1.165) is 0 Å².